The molecule has 0 bridgehead atoms. The number of imide groups is 1. The molecule has 154 valence electrons. The van der Waals surface area contributed by atoms with Crippen molar-refractivity contribution in [3.63, 3.8) is 0 Å². The highest BCUT2D eigenvalue weighted by molar-refractivity contribution is 6.34. The molecule has 6 nitrogen and oxygen atoms in total. The van der Waals surface area contributed by atoms with Crippen molar-refractivity contribution in [1.82, 2.24) is 0 Å². The summed E-state index contributed by atoms with van der Waals surface area (Å²) in [7, 11) is 0. The zero-order chi connectivity index (χ0) is 22.1. The Morgan fingerprint density at radius 3 is 2.23 bits per heavy atom. The van der Waals surface area contributed by atoms with E-state index < -0.39 is 36.0 Å². The van der Waals surface area contributed by atoms with E-state index in [4.69, 9.17) is 4.74 Å². The quantitative estimate of drug-likeness (QED) is 0.356. The number of amides is 2. The van der Waals surface area contributed by atoms with E-state index in [9.17, 15) is 23.6 Å². The van der Waals surface area contributed by atoms with E-state index in [0.717, 1.165) is 22.6 Å². The SMILES string of the molecule is Cc1ccccc1N1C(=O)c2ccc(C(=O)OCC(=O)c3ccc(F)cc3)cc2C1=O. The van der Waals surface area contributed by atoms with Gasteiger partial charge in [-0.05, 0) is 61.0 Å². The van der Waals surface area contributed by atoms with Gasteiger partial charge < -0.3 is 4.74 Å². The number of hydrogen-bond donors (Lipinski definition) is 0. The molecule has 0 fully saturated rings. The van der Waals surface area contributed by atoms with E-state index in [1.165, 1.54) is 30.3 Å². The molecule has 0 atom stereocenters. The fraction of sp³-hybridized carbons (Fsp3) is 0.0833. The first kappa shape index (κ1) is 20.2. The Morgan fingerprint density at radius 1 is 0.871 bits per heavy atom. The van der Waals surface area contributed by atoms with Crippen molar-refractivity contribution in [2.45, 2.75) is 6.92 Å². The largest absolute Gasteiger partial charge is 0.454 e. The lowest BCUT2D eigenvalue weighted by molar-refractivity contribution is 0.0474. The zero-order valence-electron chi connectivity index (χ0n) is 16.4. The normalized spacial score (nSPS) is 12.6. The summed E-state index contributed by atoms with van der Waals surface area (Å²) in [4.78, 5) is 51.2. The smallest absolute Gasteiger partial charge is 0.338 e. The first-order chi connectivity index (χ1) is 14.9. The number of hydrogen-bond acceptors (Lipinski definition) is 5. The molecule has 0 unspecified atom stereocenters. The molecule has 0 spiro atoms. The van der Waals surface area contributed by atoms with Crippen LogP contribution in [0.25, 0.3) is 0 Å². The number of carbonyl (C=O) groups excluding carboxylic acids is 4. The highest BCUT2D eigenvalue weighted by Crippen LogP contribution is 2.31. The summed E-state index contributed by atoms with van der Waals surface area (Å²) in [6.45, 7) is 1.25. The number of ketones is 1. The van der Waals surface area contributed by atoms with E-state index in [0.29, 0.717) is 5.69 Å². The van der Waals surface area contributed by atoms with Crippen LogP contribution in [0.15, 0.2) is 66.7 Å². The van der Waals surface area contributed by atoms with Gasteiger partial charge in [0.05, 0.1) is 22.4 Å². The van der Waals surface area contributed by atoms with Crippen molar-refractivity contribution in [3.8, 4) is 0 Å². The Hall–Kier alpha value is -4.13. The molecule has 0 aromatic heterocycles. The maximum atomic E-state index is 13.0. The van der Waals surface area contributed by atoms with Crippen molar-refractivity contribution in [1.29, 1.82) is 0 Å². The number of carbonyl (C=O) groups is 4. The number of benzene rings is 3. The molecule has 1 aliphatic rings. The molecular weight excluding hydrogens is 401 g/mol. The molecule has 31 heavy (non-hydrogen) atoms. The van der Waals surface area contributed by atoms with E-state index in [-0.39, 0.29) is 22.3 Å². The van der Waals surface area contributed by atoms with Gasteiger partial charge in [0.15, 0.2) is 12.4 Å². The summed E-state index contributed by atoms with van der Waals surface area (Å²) in [5.41, 5.74) is 1.76. The average molecular weight is 417 g/mol. The molecule has 0 radical (unpaired) electrons. The Balaban J connectivity index is 1.52. The van der Waals surface area contributed by atoms with E-state index >= 15 is 0 Å². The second-order valence-corrected chi connectivity index (χ2v) is 7.00. The maximum absolute atomic E-state index is 13.0. The number of anilines is 1. The Bertz CT molecular complexity index is 1230. The monoisotopic (exact) mass is 417 g/mol. The fourth-order valence-corrected chi connectivity index (χ4v) is 3.33. The van der Waals surface area contributed by atoms with Gasteiger partial charge in [-0.15, -0.1) is 0 Å². The lowest BCUT2D eigenvalue weighted by atomic mass is 10.1. The minimum atomic E-state index is -0.812. The first-order valence-corrected chi connectivity index (χ1v) is 9.41. The molecular formula is C24H16FNO5. The summed E-state index contributed by atoms with van der Waals surface area (Å²) in [5, 5.41) is 0. The lowest BCUT2D eigenvalue weighted by Gasteiger charge is -2.16. The predicted octanol–water partition coefficient (Wildman–Crippen LogP) is 3.97. The number of rotatable bonds is 5. The Morgan fingerprint density at radius 2 is 1.52 bits per heavy atom. The van der Waals surface area contributed by atoms with Gasteiger partial charge in [-0.3, -0.25) is 14.4 Å². The van der Waals surface area contributed by atoms with Gasteiger partial charge in [0.1, 0.15) is 5.82 Å². The Labute approximate surface area is 176 Å². The summed E-state index contributed by atoms with van der Waals surface area (Å²) in [5.74, 6) is -2.79. The van der Waals surface area contributed by atoms with Crippen LogP contribution in [0, 0.1) is 12.7 Å². The van der Waals surface area contributed by atoms with Gasteiger partial charge >= 0.3 is 5.97 Å². The predicted molar refractivity (Wildman–Crippen MR) is 110 cm³/mol. The van der Waals surface area contributed by atoms with Crippen molar-refractivity contribution < 1.29 is 28.3 Å². The molecule has 1 aliphatic heterocycles. The lowest BCUT2D eigenvalue weighted by Crippen LogP contribution is -2.29. The van der Waals surface area contributed by atoms with Gasteiger partial charge in [0, 0.05) is 5.56 Å². The summed E-state index contributed by atoms with van der Waals surface area (Å²) in [6.07, 6.45) is 0. The molecule has 1 heterocycles. The van der Waals surface area contributed by atoms with E-state index in [1.54, 1.807) is 31.2 Å². The number of para-hydroxylation sites is 1. The first-order valence-electron chi connectivity index (χ1n) is 9.41. The number of Topliss-reactive ketones (excluding diaryl/α,β-unsaturated/α-hetero) is 1. The average Bonchev–Trinajstić information content (AvgIpc) is 3.02. The number of nitrogens with zero attached hydrogens (tertiary/aromatic N) is 1. The topological polar surface area (TPSA) is 80.8 Å². The molecule has 0 N–H and O–H groups in total. The van der Waals surface area contributed by atoms with Crippen LogP contribution in [0.1, 0.15) is 47.0 Å². The summed E-state index contributed by atoms with van der Waals surface area (Å²) in [6, 6.07) is 15.9. The third-order valence-electron chi connectivity index (χ3n) is 4.98. The number of halogens is 1. The van der Waals surface area contributed by atoms with Crippen molar-refractivity contribution in [3.05, 3.63) is 100 Å². The van der Waals surface area contributed by atoms with Crippen molar-refractivity contribution >= 4 is 29.3 Å². The van der Waals surface area contributed by atoms with Crippen molar-refractivity contribution in [2.24, 2.45) is 0 Å². The number of aryl methyl sites for hydroxylation is 1. The molecule has 7 heteroatoms. The summed E-state index contributed by atoms with van der Waals surface area (Å²) < 4.78 is 18.0. The van der Waals surface area contributed by atoms with Crippen molar-refractivity contribution in [2.75, 3.05) is 11.5 Å². The maximum Gasteiger partial charge on any atom is 0.338 e. The third kappa shape index (κ3) is 3.73. The third-order valence-corrected chi connectivity index (χ3v) is 4.98. The van der Waals surface area contributed by atoms with Crippen LogP contribution >= 0.6 is 0 Å². The van der Waals surface area contributed by atoms with Gasteiger partial charge in [0.25, 0.3) is 11.8 Å². The molecule has 4 rings (SSSR count). The molecule has 0 aliphatic carbocycles. The molecule has 0 saturated heterocycles. The number of esters is 1. The molecule has 3 aromatic rings. The van der Waals surface area contributed by atoms with E-state index in [2.05, 4.69) is 0 Å². The van der Waals surface area contributed by atoms with Crippen LogP contribution in [0.3, 0.4) is 0 Å². The van der Waals surface area contributed by atoms with Gasteiger partial charge in [-0.2, -0.15) is 0 Å². The van der Waals surface area contributed by atoms with Crippen LogP contribution in [0.2, 0.25) is 0 Å². The Kier molecular flexibility index (Phi) is 5.17. The van der Waals surface area contributed by atoms with E-state index in [1.807, 2.05) is 0 Å². The second-order valence-electron chi connectivity index (χ2n) is 7.00. The summed E-state index contributed by atoms with van der Waals surface area (Å²) >= 11 is 0. The van der Waals surface area contributed by atoms with Crippen LogP contribution in [-0.2, 0) is 4.74 Å². The zero-order valence-corrected chi connectivity index (χ0v) is 16.4. The van der Waals surface area contributed by atoms with Crippen LogP contribution in [0.4, 0.5) is 10.1 Å². The molecule has 2 amide bonds. The van der Waals surface area contributed by atoms with Gasteiger partial charge in [-0.1, -0.05) is 18.2 Å². The molecule has 3 aromatic carbocycles. The standard InChI is InChI=1S/C24H16FNO5/c1-14-4-2-3-5-20(14)26-22(28)18-11-8-16(12-19(18)23(26)29)24(30)31-13-21(27)15-6-9-17(25)10-7-15/h2-12H,13H2,1H3. The highest BCUT2D eigenvalue weighted by atomic mass is 19.1. The van der Waals surface area contributed by atoms with Gasteiger partial charge in [-0.25, -0.2) is 14.1 Å². The number of ether oxygens (including phenoxy) is 1. The van der Waals surface area contributed by atoms with Crippen LogP contribution in [-0.4, -0.2) is 30.2 Å². The van der Waals surface area contributed by atoms with Gasteiger partial charge in [0.2, 0.25) is 0 Å². The minimum absolute atomic E-state index is 0.0402. The number of fused-ring (bicyclic) bond motifs is 1. The van der Waals surface area contributed by atoms with Crippen LogP contribution < -0.4 is 4.90 Å². The fourth-order valence-electron chi connectivity index (χ4n) is 3.33. The second kappa shape index (κ2) is 7.95. The van der Waals surface area contributed by atoms with Crippen LogP contribution in [0.5, 0.6) is 0 Å². The molecule has 0 saturated carbocycles. The highest BCUT2D eigenvalue weighted by Gasteiger charge is 2.37. The minimum Gasteiger partial charge on any atom is -0.454 e.